The fourth-order valence-corrected chi connectivity index (χ4v) is 4.97. The first-order valence-electron chi connectivity index (χ1n) is 11.1. The van der Waals surface area contributed by atoms with Crippen LogP contribution in [0.25, 0.3) is 11.1 Å². The van der Waals surface area contributed by atoms with Crippen LogP contribution in [-0.4, -0.2) is 44.5 Å². The largest absolute Gasteiger partial charge is 0.493 e. The van der Waals surface area contributed by atoms with Gasteiger partial charge in [0, 0.05) is 24.1 Å². The van der Waals surface area contributed by atoms with Gasteiger partial charge < -0.3 is 30.0 Å². The molecule has 0 saturated carbocycles. The number of carbonyl (C=O) groups is 1. The van der Waals surface area contributed by atoms with Gasteiger partial charge in [-0.2, -0.15) is 0 Å². The number of methoxy groups -OCH3 is 2. The SMILES string of the molecule is COc1ccc(CN2CCOc3c(C[C@H](N)C(=O)O)ccc(-c4c(Cl)cc(F)cc4Cl)c32)cc1OC. The molecular formula is C26H25Cl2FN2O5. The van der Waals surface area contributed by atoms with Gasteiger partial charge in [-0.3, -0.25) is 4.79 Å². The quantitative estimate of drug-likeness (QED) is 0.411. The number of ether oxygens (including phenoxy) is 3. The standard InChI is InChI=1S/C26H25Cl2FN2O5/c1-34-21-6-3-14(9-22(21)35-2)13-31-7-8-36-25-15(10-20(30)26(32)33)4-5-17(24(25)31)23-18(27)11-16(29)12-19(23)28/h3-6,9,11-12,20H,7-8,10,13,30H2,1-2H3,(H,32,33)/t20-/m0/s1. The van der Waals surface area contributed by atoms with Gasteiger partial charge in [-0.05, 0) is 35.4 Å². The first kappa shape index (κ1) is 25.9. The van der Waals surface area contributed by atoms with Gasteiger partial charge in [0.15, 0.2) is 11.5 Å². The van der Waals surface area contributed by atoms with Gasteiger partial charge in [-0.15, -0.1) is 0 Å². The summed E-state index contributed by atoms with van der Waals surface area (Å²) in [6.07, 6.45) is 0.0625. The lowest BCUT2D eigenvalue weighted by Gasteiger charge is -2.35. The Hall–Kier alpha value is -3.20. The zero-order chi connectivity index (χ0) is 26.0. The van der Waals surface area contributed by atoms with Crippen molar-refractivity contribution in [1.29, 1.82) is 0 Å². The molecule has 0 spiro atoms. The molecule has 10 heteroatoms. The Bertz CT molecular complexity index is 1280. The number of nitrogens with two attached hydrogens (primary N) is 1. The number of nitrogens with zero attached hydrogens (tertiary/aromatic N) is 1. The van der Waals surface area contributed by atoms with Crippen molar-refractivity contribution >= 4 is 34.9 Å². The Kier molecular flexibility index (Phi) is 7.78. The maximum absolute atomic E-state index is 13.9. The monoisotopic (exact) mass is 534 g/mol. The average molecular weight is 535 g/mol. The summed E-state index contributed by atoms with van der Waals surface area (Å²) in [5.41, 5.74) is 9.16. The molecule has 1 heterocycles. The second-order valence-corrected chi connectivity index (χ2v) is 9.12. The molecule has 0 unspecified atom stereocenters. The molecule has 3 N–H and O–H groups in total. The predicted molar refractivity (Wildman–Crippen MR) is 137 cm³/mol. The molecule has 0 aliphatic carbocycles. The van der Waals surface area contributed by atoms with E-state index in [-0.39, 0.29) is 16.5 Å². The van der Waals surface area contributed by atoms with Gasteiger partial charge in [-0.25, -0.2) is 4.39 Å². The summed E-state index contributed by atoms with van der Waals surface area (Å²) in [5, 5.41) is 9.64. The van der Waals surface area contributed by atoms with Gasteiger partial charge in [-0.1, -0.05) is 41.4 Å². The van der Waals surface area contributed by atoms with Gasteiger partial charge >= 0.3 is 5.97 Å². The van der Waals surface area contributed by atoms with Crippen molar-refractivity contribution in [1.82, 2.24) is 0 Å². The van der Waals surface area contributed by atoms with Crippen LogP contribution in [0, 0.1) is 5.82 Å². The van der Waals surface area contributed by atoms with Crippen LogP contribution in [-0.2, 0) is 17.8 Å². The molecule has 0 radical (unpaired) electrons. The highest BCUT2D eigenvalue weighted by molar-refractivity contribution is 6.39. The summed E-state index contributed by atoms with van der Waals surface area (Å²) >= 11 is 12.9. The fraction of sp³-hybridized carbons (Fsp3) is 0.269. The molecule has 36 heavy (non-hydrogen) atoms. The van der Waals surface area contributed by atoms with Crippen molar-refractivity contribution in [3.8, 4) is 28.4 Å². The van der Waals surface area contributed by atoms with Crippen LogP contribution >= 0.6 is 23.2 Å². The minimum absolute atomic E-state index is 0.0625. The number of anilines is 1. The molecule has 0 aromatic heterocycles. The van der Waals surface area contributed by atoms with Crippen LogP contribution in [0.15, 0.2) is 42.5 Å². The van der Waals surface area contributed by atoms with E-state index in [0.717, 1.165) is 5.56 Å². The Labute approximate surface area is 218 Å². The lowest BCUT2D eigenvalue weighted by molar-refractivity contribution is -0.138. The Morgan fingerprint density at radius 3 is 2.47 bits per heavy atom. The minimum atomic E-state index is -1.12. The summed E-state index contributed by atoms with van der Waals surface area (Å²) in [7, 11) is 3.14. The van der Waals surface area contributed by atoms with E-state index in [9.17, 15) is 14.3 Å². The van der Waals surface area contributed by atoms with Gasteiger partial charge in [0.25, 0.3) is 0 Å². The zero-order valence-electron chi connectivity index (χ0n) is 19.7. The number of benzene rings is 3. The van der Waals surface area contributed by atoms with Crippen LogP contribution in [0.5, 0.6) is 17.2 Å². The van der Waals surface area contributed by atoms with Crippen molar-refractivity contribution in [3.63, 3.8) is 0 Å². The number of aliphatic carboxylic acids is 1. The molecule has 3 aromatic carbocycles. The predicted octanol–water partition coefficient (Wildman–Crippen LogP) is 5.17. The number of hydrogen-bond donors (Lipinski definition) is 2. The number of hydrogen-bond acceptors (Lipinski definition) is 6. The zero-order valence-corrected chi connectivity index (χ0v) is 21.2. The van der Waals surface area contributed by atoms with E-state index in [1.54, 1.807) is 26.4 Å². The van der Waals surface area contributed by atoms with E-state index >= 15 is 0 Å². The van der Waals surface area contributed by atoms with E-state index in [0.29, 0.717) is 59.3 Å². The Balaban J connectivity index is 1.86. The summed E-state index contributed by atoms with van der Waals surface area (Å²) in [5.74, 6) is 0.0292. The van der Waals surface area contributed by atoms with Crippen LogP contribution in [0.4, 0.5) is 10.1 Å². The highest BCUT2D eigenvalue weighted by Gasteiger charge is 2.29. The van der Waals surface area contributed by atoms with Crippen LogP contribution in [0.1, 0.15) is 11.1 Å². The van der Waals surface area contributed by atoms with Crippen LogP contribution in [0.2, 0.25) is 10.0 Å². The molecule has 0 fully saturated rings. The second-order valence-electron chi connectivity index (χ2n) is 8.30. The molecule has 190 valence electrons. The van der Waals surface area contributed by atoms with Gasteiger partial charge in [0.05, 0.1) is 36.5 Å². The van der Waals surface area contributed by atoms with E-state index in [1.807, 2.05) is 18.2 Å². The number of halogens is 3. The third kappa shape index (κ3) is 5.16. The molecule has 1 atom stereocenters. The van der Waals surface area contributed by atoms with Crippen LogP contribution < -0.4 is 24.8 Å². The minimum Gasteiger partial charge on any atom is -0.493 e. The maximum Gasteiger partial charge on any atom is 0.320 e. The first-order chi connectivity index (χ1) is 17.2. The molecular weight excluding hydrogens is 510 g/mol. The number of rotatable bonds is 8. The van der Waals surface area contributed by atoms with E-state index in [2.05, 4.69) is 4.90 Å². The number of carboxylic acids is 1. The topological polar surface area (TPSA) is 94.2 Å². The van der Waals surface area contributed by atoms with Gasteiger partial charge in [0.1, 0.15) is 24.2 Å². The van der Waals surface area contributed by atoms with E-state index in [1.165, 1.54) is 12.1 Å². The summed E-state index contributed by atoms with van der Waals surface area (Å²) in [6, 6.07) is 10.5. The molecule has 1 aliphatic rings. The molecule has 0 amide bonds. The molecule has 0 saturated heterocycles. The highest BCUT2D eigenvalue weighted by atomic mass is 35.5. The van der Waals surface area contributed by atoms with E-state index < -0.39 is 17.8 Å². The lowest BCUT2D eigenvalue weighted by atomic mass is 9.95. The van der Waals surface area contributed by atoms with Crippen molar-refractivity contribution in [3.05, 3.63) is 69.5 Å². The fourth-order valence-electron chi connectivity index (χ4n) is 4.30. The Morgan fingerprint density at radius 2 is 1.83 bits per heavy atom. The third-order valence-corrected chi connectivity index (χ3v) is 6.59. The number of fused-ring (bicyclic) bond motifs is 1. The van der Waals surface area contributed by atoms with Crippen molar-refractivity contribution in [2.24, 2.45) is 5.73 Å². The van der Waals surface area contributed by atoms with Gasteiger partial charge in [0.2, 0.25) is 0 Å². The summed E-state index contributed by atoms with van der Waals surface area (Å²) < 4.78 is 30.8. The second kappa shape index (κ2) is 10.8. The number of carboxylic acid groups (broad SMARTS) is 1. The maximum atomic E-state index is 13.9. The van der Waals surface area contributed by atoms with Crippen LogP contribution in [0.3, 0.4) is 0 Å². The van der Waals surface area contributed by atoms with Crippen molar-refractivity contribution < 1.29 is 28.5 Å². The van der Waals surface area contributed by atoms with Crippen molar-refractivity contribution in [2.45, 2.75) is 19.0 Å². The smallest absolute Gasteiger partial charge is 0.320 e. The Morgan fingerprint density at radius 1 is 1.14 bits per heavy atom. The molecule has 7 nitrogen and oxygen atoms in total. The summed E-state index contributed by atoms with van der Waals surface area (Å²) in [6.45, 7) is 1.36. The molecule has 3 aromatic rings. The first-order valence-corrected chi connectivity index (χ1v) is 11.9. The summed E-state index contributed by atoms with van der Waals surface area (Å²) in [4.78, 5) is 13.5. The highest BCUT2D eigenvalue weighted by Crippen LogP contribution is 2.48. The average Bonchev–Trinajstić information content (AvgIpc) is 2.84. The lowest BCUT2D eigenvalue weighted by Crippen LogP contribution is -2.35. The normalized spacial score (nSPS) is 13.6. The third-order valence-electron chi connectivity index (χ3n) is 5.99. The van der Waals surface area contributed by atoms with E-state index in [4.69, 9.17) is 43.1 Å². The molecule has 4 rings (SSSR count). The molecule has 0 bridgehead atoms. The molecule has 1 aliphatic heterocycles. The van der Waals surface area contributed by atoms with Crippen molar-refractivity contribution in [2.75, 3.05) is 32.3 Å².